The maximum absolute atomic E-state index is 12.6. The highest BCUT2D eigenvalue weighted by atomic mass is 32.2. The Labute approximate surface area is 195 Å². The lowest BCUT2D eigenvalue weighted by Crippen LogP contribution is -2.48. The molecule has 1 N–H and O–H groups in total. The third-order valence-electron chi connectivity index (χ3n) is 4.82. The predicted octanol–water partition coefficient (Wildman–Crippen LogP) is 3.97. The number of ether oxygens (including phenoxy) is 2. The summed E-state index contributed by atoms with van der Waals surface area (Å²) in [5.74, 6) is 0.826. The van der Waals surface area contributed by atoms with Crippen LogP contribution in [0, 0.1) is 0 Å². The van der Waals surface area contributed by atoms with Crippen molar-refractivity contribution in [2.45, 2.75) is 19.6 Å². The van der Waals surface area contributed by atoms with E-state index in [-0.39, 0.29) is 6.54 Å². The summed E-state index contributed by atoms with van der Waals surface area (Å²) in [7, 11) is -3.70. The number of nitrogens with zero attached hydrogens (tertiary/aromatic N) is 1. The topological polar surface area (TPSA) is 84.9 Å². The van der Waals surface area contributed by atoms with E-state index in [9.17, 15) is 13.2 Å². The second kappa shape index (κ2) is 11.5. The second-order valence-electron chi connectivity index (χ2n) is 7.47. The van der Waals surface area contributed by atoms with Crippen molar-refractivity contribution in [1.29, 1.82) is 0 Å². The number of para-hydroxylation sites is 1. The molecule has 3 aromatic rings. The largest absolute Gasteiger partial charge is 0.457 e. The van der Waals surface area contributed by atoms with Crippen LogP contribution in [0.4, 0.5) is 5.69 Å². The summed E-state index contributed by atoms with van der Waals surface area (Å²) in [4.78, 5) is 12.6. The van der Waals surface area contributed by atoms with Gasteiger partial charge in [-0.05, 0) is 48.9 Å². The Balaban J connectivity index is 1.57. The molecule has 0 heterocycles. The smallest absolute Gasteiger partial charge is 0.243 e. The summed E-state index contributed by atoms with van der Waals surface area (Å²) in [6.45, 7) is 2.59. The number of hydrogen-bond donors (Lipinski definition) is 1. The molecule has 33 heavy (non-hydrogen) atoms. The first-order valence-corrected chi connectivity index (χ1v) is 12.4. The van der Waals surface area contributed by atoms with Crippen molar-refractivity contribution >= 4 is 21.6 Å². The fraction of sp³-hybridized carbons (Fsp3) is 0.240. The lowest BCUT2D eigenvalue weighted by atomic mass is 10.2. The molecule has 0 aliphatic carbocycles. The van der Waals surface area contributed by atoms with Gasteiger partial charge >= 0.3 is 0 Å². The first-order valence-electron chi connectivity index (χ1n) is 10.6. The summed E-state index contributed by atoms with van der Waals surface area (Å²) in [6, 6.07) is 24.6. The average Bonchev–Trinajstić information content (AvgIpc) is 2.80. The molecule has 8 heteroatoms. The second-order valence-corrected chi connectivity index (χ2v) is 9.33. The first-order chi connectivity index (χ1) is 15.8. The van der Waals surface area contributed by atoms with E-state index in [1.807, 2.05) is 60.7 Å². The Hall–Kier alpha value is -3.36. The van der Waals surface area contributed by atoms with Gasteiger partial charge in [0.2, 0.25) is 15.9 Å². The average molecular weight is 469 g/mol. The molecule has 1 amide bonds. The van der Waals surface area contributed by atoms with Crippen LogP contribution >= 0.6 is 0 Å². The third kappa shape index (κ3) is 7.34. The zero-order valence-electron chi connectivity index (χ0n) is 18.7. The van der Waals surface area contributed by atoms with Crippen molar-refractivity contribution in [3.63, 3.8) is 0 Å². The van der Waals surface area contributed by atoms with Crippen LogP contribution in [-0.2, 0) is 26.2 Å². The van der Waals surface area contributed by atoms with E-state index in [2.05, 4.69) is 5.32 Å². The molecule has 0 aliphatic rings. The van der Waals surface area contributed by atoms with E-state index in [1.54, 1.807) is 31.2 Å². The van der Waals surface area contributed by atoms with Gasteiger partial charge in [-0.1, -0.05) is 48.5 Å². The van der Waals surface area contributed by atoms with E-state index < -0.39 is 22.0 Å². The zero-order valence-corrected chi connectivity index (χ0v) is 19.5. The molecular formula is C25H28N2O5S. The minimum atomic E-state index is -3.70. The highest BCUT2D eigenvalue weighted by molar-refractivity contribution is 7.92. The Morgan fingerprint density at radius 2 is 1.48 bits per heavy atom. The monoisotopic (exact) mass is 468 g/mol. The maximum atomic E-state index is 12.6. The summed E-state index contributed by atoms with van der Waals surface area (Å²) in [6.07, 6.45) is 1.08. The van der Waals surface area contributed by atoms with Gasteiger partial charge in [-0.3, -0.25) is 9.10 Å². The maximum Gasteiger partial charge on any atom is 0.243 e. The van der Waals surface area contributed by atoms with Crippen LogP contribution in [0.3, 0.4) is 0 Å². The number of anilines is 1. The number of carbonyl (C=O) groups excluding carboxylic acids is 1. The highest BCUT2D eigenvalue weighted by Crippen LogP contribution is 2.26. The number of rotatable bonds is 11. The Morgan fingerprint density at radius 1 is 0.909 bits per heavy atom. The lowest BCUT2D eigenvalue weighted by Gasteiger charge is -2.28. The lowest BCUT2D eigenvalue weighted by molar-refractivity contribution is -0.122. The van der Waals surface area contributed by atoms with Crippen LogP contribution < -0.4 is 14.4 Å². The van der Waals surface area contributed by atoms with Crippen molar-refractivity contribution in [3.05, 3.63) is 90.5 Å². The van der Waals surface area contributed by atoms with Crippen LogP contribution in [0.2, 0.25) is 0 Å². The van der Waals surface area contributed by atoms with Gasteiger partial charge in [0.15, 0.2) is 0 Å². The number of hydrogen-bond acceptors (Lipinski definition) is 5. The summed E-state index contributed by atoms with van der Waals surface area (Å²) in [5.41, 5.74) is 1.42. The van der Waals surface area contributed by atoms with Crippen molar-refractivity contribution < 1.29 is 22.7 Å². The molecule has 174 valence electrons. The number of carbonyl (C=O) groups is 1. The molecule has 0 fully saturated rings. The van der Waals surface area contributed by atoms with E-state index >= 15 is 0 Å². The van der Waals surface area contributed by atoms with E-state index in [0.717, 1.165) is 16.1 Å². The third-order valence-corrected chi connectivity index (χ3v) is 6.06. The zero-order chi connectivity index (χ0) is 23.7. The van der Waals surface area contributed by atoms with Gasteiger partial charge in [0.1, 0.15) is 17.5 Å². The molecule has 7 nitrogen and oxygen atoms in total. The van der Waals surface area contributed by atoms with Crippen molar-refractivity contribution in [1.82, 2.24) is 5.32 Å². The number of nitrogens with one attached hydrogen (secondary N) is 1. The van der Waals surface area contributed by atoms with Gasteiger partial charge in [-0.15, -0.1) is 0 Å². The van der Waals surface area contributed by atoms with Crippen LogP contribution in [0.1, 0.15) is 12.5 Å². The molecule has 0 aliphatic heterocycles. The van der Waals surface area contributed by atoms with Crippen LogP contribution in [-0.4, -0.2) is 39.8 Å². The van der Waals surface area contributed by atoms with Gasteiger partial charge in [0, 0.05) is 6.54 Å². The Kier molecular flexibility index (Phi) is 8.46. The fourth-order valence-electron chi connectivity index (χ4n) is 3.25. The molecule has 0 aromatic heterocycles. The van der Waals surface area contributed by atoms with E-state index in [4.69, 9.17) is 9.47 Å². The first kappa shape index (κ1) is 24.3. The molecule has 0 saturated carbocycles. The molecule has 1 atom stereocenters. The minimum Gasteiger partial charge on any atom is -0.457 e. The Bertz CT molecular complexity index is 1120. The van der Waals surface area contributed by atoms with Crippen molar-refractivity contribution in [2.24, 2.45) is 0 Å². The molecule has 1 unspecified atom stereocenters. The van der Waals surface area contributed by atoms with Gasteiger partial charge in [0.05, 0.1) is 25.2 Å². The van der Waals surface area contributed by atoms with E-state index in [1.165, 1.54) is 0 Å². The van der Waals surface area contributed by atoms with Gasteiger partial charge in [0.25, 0.3) is 0 Å². The molecule has 3 aromatic carbocycles. The van der Waals surface area contributed by atoms with Crippen molar-refractivity contribution in [2.75, 3.05) is 23.7 Å². The molecule has 0 radical (unpaired) electrons. The predicted molar refractivity (Wildman–Crippen MR) is 129 cm³/mol. The molecule has 0 saturated heterocycles. The van der Waals surface area contributed by atoms with Gasteiger partial charge in [-0.2, -0.15) is 0 Å². The molecule has 0 spiro atoms. The molecular weight excluding hydrogens is 440 g/mol. The number of sulfonamides is 1. The van der Waals surface area contributed by atoms with Gasteiger partial charge in [-0.25, -0.2) is 8.42 Å². The van der Waals surface area contributed by atoms with Crippen LogP contribution in [0.15, 0.2) is 84.9 Å². The van der Waals surface area contributed by atoms with Crippen LogP contribution in [0.5, 0.6) is 11.5 Å². The van der Waals surface area contributed by atoms with Crippen LogP contribution in [0.25, 0.3) is 0 Å². The summed E-state index contributed by atoms with van der Waals surface area (Å²) >= 11 is 0. The normalized spacial score (nSPS) is 12.1. The standard InChI is InChI=1S/C25H28N2O5S/c1-20(25(28)26-17-18-31-19-21-9-5-3-6-10-21)27(33(2,29)30)22-13-15-24(16-14-22)32-23-11-7-4-8-12-23/h3-16,20H,17-19H2,1-2H3,(H,26,28). The quantitative estimate of drug-likeness (QED) is 0.431. The number of amides is 1. The molecule has 0 bridgehead atoms. The van der Waals surface area contributed by atoms with Gasteiger partial charge < -0.3 is 14.8 Å². The van der Waals surface area contributed by atoms with Crippen molar-refractivity contribution in [3.8, 4) is 11.5 Å². The summed E-state index contributed by atoms with van der Waals surface area (Å²) < 4.78 is 37.4. The summed E-state index contributed by atoms with van der Waals surface area (Å²) in [5, 5.41) is 2.74. The SMILES string of the molecule is CC(C(=O)NCCOCc1ccccc1)N(c1ccc(Oc2ccccc2)cc1)S(C)(=O)=O. The number of benzene rings is 3. The highest BCUT2D eigenvalue weighted by Gasteiger charge is 2.29. The minimum absolute atomic E-state index is 0.275. The Morgan fingerprint density at radius 3 is 2.09 bits per heavy atom. The fourth-order valence-corrected chi connectivity index (χ4v) is 4.43. The molecule has 3 rings (SSSR count). The van der Waals surface area contributed by atoms with E-state index in [0.29, 0.717) is 30.4 Å².